The van der Waals surface area contributed by atoms with Gasteiger partial charge in [0.25, 0.3) is 0 Å². The molecule has 1 amide bonds. The number of nitrogens with one attached hydrogen (secondary N) is 1. The highest BCUT2D eigenvalue weighted by molar-refractivity contribution is 7.16. The van der Waals surface area contributed by atoms with Gasteiger partial charge in [0.05, 0.1) is 10.4 Å². The molecule has 92 valence electrons. The SMILES string of the molecule is CC(NC(=O)CC1C=CCC1)c1ccc(Cl)s1. The Kier molecular flexibility index (Phi) is 4.24. The predicted octanol–water partition coefficient (Wildman–Crippen LogP) is 3.94. The second kappa shape index (κ2) is 5.69. The predicted molar refractivity (Wildman–Crippen MR) is 72.4 cm³/mol. The minimum atomic E-state index is 0.0467. The maximum atomic E-state index is 11.8. The van der Waals surface area contributed by atoms with Crippen LogP contribution in [0, 0.1) is 5.92 Å². The van der Waals surface area contributed by atoms with Crippen molar-refractivity contribution in [3.8, 4) is 0 Å². The molecule has 1 aromatic rings. The second-order valence-electron chi connectivity index (χ2n) is 4.40. The van der Waals surface area contributed by atoms with Crippen LogP contribution >= 0.6 is 22.9 Å². The van der Waals surface area contributed by atoms with Gasteiger partial charge in [-0.3, -0.25) is 4.79 Å². The molecule has 0 aliphatic heterocycles. The fourth-order valence-corrected chi connectivity index (χ4v) is 3.10. The van der Waals surface area contributed by atoms with Gasteiger partial charge in [0.15, 0.2) is 0 Å². The molecule has 0 spiro atoms. The molecule has 1 N–H and O–H groups in total. The first-order valence-electron chi connectivity index (χ1n) is 5.86. The van der Waals surface area contributed by atoms with Crippen LogP contribution in [0.1, 0.15) is 37.1 Å². The van der Waals surface area contributed by atoms with E-state index in [-0.39, 0.29) is 11.9 Å². The molecule has 1 aliphatic carbocycles. The van der Waals surface area contributed by atoms with Crippen molar-refractivity contribution in [1.29, 1.82) is 0 Å². The summed E-state index contributed by atoms with van der Waals surface area (Å²) >= 11 is 7.39. The minimum absolute atomic E-state index is 0.0467. The van der Waals surface area contributed by atoms with E-state index in [4.69, 9.17) is 11.6 Å². The Bertz CT molecular complexity index is 427. The van der Waals surface area contributed by atoms with Gasteiger partial charge in [0.1, 0.15) is 0 Å². The second-order valence-corrected chi connectivity index (χ2v) is 6.15. The maximum Gasteiger partial charge on any atom is 0.221 e. The van der Waals surface area contributed by atoms with Crippen molar-refractivity contribution >= 4 is 28.8 Å². The summed E-state index contributed by atoms with van der Waals surface area (Å²) in [5.74, 6) is 0.549. The highest BCUT2D eigenvalue weighted by atomic mass is 35.5. The molecule has 0 bridgehead atoms. The minimum Gasteiger partial charge on any atom is -0.349 e. The maximum absolute atomic E-state index is 11.8. The van der Waals surface area contributed by atoms with Crippen molar-refractivity contribution in [3.63, 3.8) is 0 Å². The van der Waals surface area contributed by atoms with E-state index in [0.29, 0.717) is 12.3 Å². The van der Waals surface area contributed by atoms with Crippen LogP contribution in [0.25, 0.3) is 0 Å². The third-order valence-corrected chi connectivity index (χ3v) is 4.37. The van der Waals surface area contributed by atoms with Crippen LogP contribution in [0.3, 0.4) is 0 Å². The zero-order valence-corrected chi connectivity index (χ0v) is 11.4. The number of hydrogen-bond donors (Lipinski definition) is 1. The van der Waals surface area contributed by atoms with Crippen molar-refractivity contribution in [2.75, 3.05) is 0 Å². The number of thiophene rings is 1. The van der Waals surface area contributed by atoms with E-state index in [2.05, 4.69) is 17.5 Å². The van der Waals surface area contributed by atoms with Gasteiger partial charge < -0.3 is 5.32 Å². The monoisotopic (exact) mass is 269 g/mol. The third-order valence-electron chi connectivity index (χ3n) is 2.96. The number of allylic oxidation sites excluding steroid dienone is 2. The highest BCUT2D eigenvalue weighted by Gasteiger charge is 2.16. The molecule has 1 heterocycles. The van der Waals surface area contributed by atoms with E-state index in [0.717, 1.165) is 22.1 Å². The number of carbonyl (C=O) groups is 1. The van der Waals surface area contributed by atoms with E-state index < -0.39 is 0 Å². The van der Waals surface area contributed by atoms with Gasteiger partial charge >= 0.3 is 0 Å². The van der Waals surface area contributed by atoms with E-state index in [1.807, 2.05) is 19.1 Å². The Morgan fingerprint density at radius 2 is 2.47 bits per heavy atom. The molecule has 2 nitrogen and oxygen atoms in total. The quantitative estimate of drug-likeness (QED) is 0.825. The summed E-state index contributed by atoms with van der Waals surface area (Å²) in [6.45, 7) is 1.99. The van der Waals surface area contributed by atoms with Gasteiger partial charge in [-0.25, -0.2) is 0 Å². The Hall–Kier alpha value is -0.800. The molecule has 0 saturated heterocycles. The summed E-state index contributed by atoms with van der Waals surface area (Å²) in [6.07, 6.45) is 7.10. The van der Waals surface area contributed by atoms with Crippen molar-refractivity contribution in [2.24, 2.45) is 5.92 Å². The Labute approximate surface area is 111 Å². The van der Waals surface area contributed by atoms with Crippen LogP contribution < -0.4 is 5.32 Å². The lowest BCUT2D eigenvalue weighted by molar-refractivity contribution is -0.122. The number of amides is 1. The van der Waals surface area contributed by atoms with Crippen LogP contribution in [0.5, 0.6) is 0 Å². The molecule has 2 atom stereocenters. The van der Waals surface area contributed by atoms with Crippen molar-refractivity contribution in [1.82, 2.24) is 5.32 Å². The average molecular weight is 270 g/mol. The van der Waals surface area contributed by atoms with Crippen LogP contribution in [-0.2, 0) is 4.79 Å². The summed E-state index contributed by atoms with van der Waals surface area (Å²) < 4.78 is 0.764. The summed E-state index contributed by atoms with van der Waals surface area (Å²) in [7, 11) is 0. The first-order chi connectivity index (χ1) is 8.15. The molecule has 0 aromatic carbocycles. The largest absolute Gasteiger partial charge is 0.349 e. The molecular weight excluding hydrogens is 254 g/mol. The number of rotatable bonds is 4. The topological polar surface area (TPSA) is 29.1 Å². The lowest BCUT2D eigenvalue weighted by Crippen LogP contribution is -2.27. The molecule has 4 heteroatoms. The van der Waals surface area contributed by atoms with Crippen molar-refractivity contribution in [2.45, 2.75) is 32.2 Å². The summed E-state index contributed by atoms with van der Waals surface area (Å²) in [4.78, 5) is 12.9. The lowest BCUT2D eigenvalue weighted by atomic mass is 10.0. The zero-order valence-electron chi connectivity index (χ0n) is 9.78. The van der Waals surface area contributed by atoms with Gasteiger partial charge in [-0.1, -0.05) is 23.8 Å². The molecule has 2 unspecified atom stereocenters. The van der Waals surface area contributed by atoms with Crippen LogP contribution in [0.4, 0.5) is 0 Å². The third kappa shape index (κ3) is 3.58. The molecule has 17 heavy (non-hydrogen) atoms. The van der Waals surface area contributed by atoms with Crippen molar-refractivity contribution < 1.29 is 4.79 Å². The molecule has 0 radical (unpaired) electrons. The van der Waals surface area contributed by atoms with Crippen molar-refractivity contribution in [3.05, 3.63) is 33.5 Å². The van der Waals surface area contributed by atoms with E-state index >= 15 is 0 Å². The average Bonchev–Trinajstić information content (AvgIpc) is 2.89. The van der Waals surface area contributed by atoms with E-state index in [1.165, 1.54) is 11.3 Å². The number of hydrogen-bond acceptors (Lipinski definition) is 2. The molecule has 1 aliphatic rings. The normalized spacial score (nSPS) is 20.5. The first kappa shape index (κ1) is 12.7. The lowest BCUT2D eigenvalue weighted by Gasteiger charge is -2.13. The molecule has 2 rings (SSSR count). The fourth-order valence-electron chi connectivity index (χ4n) is 2.04. The summed E-state index contributed by atoms with van der Waals surface area (Å²) in [5.41, 5.74) is 0. The molecular formula is C13H16ClNOS. The Morgan fingerprint density at radius 3 is 3.06 bits per heavy atom. The first-order valence-corrected chi connectivity index (χ1v) is 7.06. The van der Waals surface area contributed by atoms with Crippen LogP contribution in [0.15, 0.2) is 24.3 Å². The fraction of sp³-hybridized carbons (Fsp3) is 0.462. The van der Waals surface area contributed by atoms with Gasteiger partial charge in [0, 0.05) is 11.3 Å². The number of halogens is 1. The number of carbonyl (C=O) groups excluding carboxylic acids is 1. The summed E-state index contributed by atoms with van der Waals surface area (Å²) in [6, 6.07) is 3.88. The van der Waals surface area contributed by atoms with E-state index in [1.54, 1.807) is 0 Å². The molecule has 1 aromatic heterocycles. The Balaban J connectivity index is 1.83. The van der Waals surface area contributed by atoms with Crippen LogP contribution in [0.2, 0.25) is 4.34 Å². The standard InChI is InChI=1S/C13H16ClNOS/c1-9(11-6-7-12(14)17-11)15-13(16)8-10-4-2-3-5-10/h2,4,6-7,9-10H,3,5,8H2,1H3,(H,15,16). The zero-order chi connectivity index (χ0) is 12.3. The van der Waals surface area contributed by atoms with Gasteiger partial charge in [-0.15, -0.1) is 11.3 Å². The van der Waals surface area contributed by atoms with Gasteiger partial charge in [0.2, 0.25) is 5.91 Å². The Morgan fingerprint density at radius 1 is 1.65 bits per heavy atom. The smallest absolute Gasteiger partial charge is 0.221 e. The molecule has 0 saturated carbocycles. The highest BCUT2D eigenvalue weighted by Crippen LogP contribution is 2.27. The van der Waals surface area contributed by atoms with E-state index in [9.17, 15) is 4.79 Å². The van der Waals surface area contributed by atoms with Gasteiger partial charge in [-0.05, 0) is 37.8 Å². The summed E-state index contributed by atoms with van der Waals surface area (Å²) in [5, 5.41) is 3.02. The van der Waals surface area contributed by atoms with Gasteiger partial charge in [-0.2, -0.15) is 0 Å². The van der Waals surface area contributed by atoms with Crippen LogP contribution in [-0.4, -0.2) is 5.91 Å². The molecule has 0 fully saturated rings.